The first-order valence-corrected chi connectivity index (χ1v) is 21.4. The van der Waals surface area contributed by atoms with E-state index in [0.717, 1.165) is 38.5 Å². The predicted octanol–water partition coefficient (Wildman–Crippen LogP) is 8.17. The van der Waals surface area contributed by atoms with Crippen LogP contribution in [0.15, 0.2) is 12.2 Å². The van der Waals surface area contributed by atoms with E-state index in [0.29, 0.717) is 6.42 Å². The number of aliphatic hydroxyl groups excluding tert-OH is 5. The van der Waals surface area contributed by atoms with Crippen molar-refractivity contribution in [3.05, 3.63) is 12.2 Å². The zero-order valence-electron chi connectivity index (χ0n) is 32.9. The van der Waals surface area contributed by atoms with Gasteiger partial charge in [0.15, 0.2) is 6.29 Å². The molecular weight excluding hydrogens is 646 g/mol. The summed E-state index contributed by atoms with van der Waals surface area (Å²) in [6, 6.07) is -0.796. The number of rotatable bonds is 35. The summed E-state index contributed by atoms with van der Waals surface area (Å²) in [6.07, 6.45) is 29.6. The van der Waals surface area contributed by atoms with Gasteiger partial charge in [-0.3, -0.25) is 4.79 Å². The van der Waals surface area contributed by atoms with Crippen molar-refractivity contribution in [2.75, 3.05) is 13.2 Å². The maximum absolute atomic E-state index is 12.9. The van der Waals surface area contributed by atoms with E-state index >= 15 is 0 Å². The van der Waals surface area contributed by atoms with Crippen LogP contribution in [0, 0.1) is 0 Å². The van der Waals surface area contributed by atoms with Gasteiger partial charge in [-0.15, -0.1) is 0 Å². The maximum atomic E-state index is 12.9. The summed E-state index contributed by atoms with van der Waals surface area (Å²) in [6.45, 7) is 3.76. The molecule has 2 unspecified atom stereocenters. The van der Waals surface area contributed by atoms with Gasteiger partial charge in [-0.2, -0.15) is 0 Å². The van der Waals surface area contributed by atoms with Gasteiger partial charge in [-0.1, -0.05) is 180 Å². The fourth-order valence-corrected chi connectivity index (χ4v) is 6.86. The maximum Gasteiger partial charge on any atom is 0.220 e. The first-order valence-electron chi connectivity index (χ1n) is 21.4. The molecule has 1 fully saturated rings. The minimum Gasteiger partial charge on any atom is -0.394 e. The van der Waals surface area contributed by atoms with E-state index in [1.165, 1.54) is 135 Å². The average Bonchev–Trinajstić information content (AvgIpc) is 3.13. The molecule has 6 N–H and O–H groups in total. The molecule has 0 aliphatic carbocycles. The lowest BCUT2D eigenvalue weighted by Gasteiger charge is -2.40. The quantitative estimate of drug-likeness (QED) is 0.0283. The summed E-state index contributed by atoms with van der Waals surface area (Å²) in [5.41, 5.74) is 0. The molecule has 1 aliphatic rings. The number of carbonyl (C=O) groups excluding carboxylic acids is 1. The third-order valence-electron chi connectivity index (χ3n) is 10.4. The van der Waals surface area contributed by atoms with Crippen LogP contribution in [0.1, 0.15) is 194 Å². The van der Waals surface area contributed by atoms with Crippen LogP contribution in [-0.2, 0) is 14.3 Å². The van der Waals surface area contributed by atoms with Crippen LogP contribution < -0.4 is 5.32 Å². The number of ether oxygens (including phenoxy) is 2. The van der Waals surface area contributed by atoms with E-state index in [-0.39, 0.29) is 12.5 Å². The van der Waals surface area contributed by atoms with E-state index in [9.17, 15) is 30.3 Å². The molecule has 0 spiro atoms. The molecule has 0 aromatic carbocycles. The molecule has 0 bridgehead atoms. The van der Waals surface area contributed by atoms with Gasteiger partial charge in [-0.25, -0.2) is 0 Å². The Hall–Kier alpha value is -1.07. The van der Waals surface area contributed by atoms with Gasteiger partial charge in [-0.05, 0) is 19.3 Å². The Morgan fingerprint density at radius 1 is 0.647 bits per heavy atom. The summed E-state index contributed by atoms with van der Waals surface area (Å²) in [7, 11) is 0. The summed E-state index contributed by atoms with van der Waals surface area (Å²) >= 11 is 0. The van der Waals surface area contributed by atoms with Crippen molar-refractivity contribution in [1.82, 2.24) is 5.32 Å². The van der Waals surface area contributed by atoms with Gasteiger partial charge < -0.3 is 40.3 Å². The molecule has 1 heterocycles. The molecule has 1 aliphatic heterocycles. The normalized spacial score (nSPS) is 22.1. The Kier molecular flexibility index (Phi) is 31.5. The van der Waals surface area contributed by atoms with Gasteiger partial charge in [0.1, 0.15) is 24.4 Å². The van der Waals surface area contributed by atoms with Gasteiger partial charge in [0.05, 0.1) is 25.4 Å². The predicted molar refractivity (Wildman–Crippen MR) is 207 cm³/mol. The second-order valence-corrected chi connectivity index (χ2v) is 15.1. The number of allylic oxidation sites excluding steroid dienone is 1. The zero-order valence-corrected chi connectivity index (χ0v) is 32.9. The lowest BCUT2D eigenvalue weighted by atomic mass is 9.99. The number of carbonyl (C=O) groups is 1. The van der Waals surface area contributed by atoms with E-state index in [1.54, 1.807) is 6.08 Å². The van der Waals surface area contributed by atoms with Crippen LogP contribution >= 0.6 is 0 Å². The van der Waals surface area contributed by atoms with Crippen LogP contribution in [0.5, 0.6) is 0 Å². The molecule has 9 heteroatoms. The van der Waals surface area contributed by atoms with E-state index < -0.39 is 49.5 Å². The van der Waals surface area contributed by atoms with Gasteiger partial charge >= 0.3 is 0 Å². The lowest BCUT2D eigenvalue weighted by Crippen LogP contribution is -2.60. The average molecular weight is 728 g/mol. The van der Waals surface area contributed by atoms with Crippen LogP contribution in [-0.4, -0.2) is 87.5 Å². The van der Waals surface area contributed by atoms with Gasteiger partial charge in [0, 0.05) is 6.42 Å². The fourth-order valence-electron chi connectivity index (χ4n) is 6.86. The number of hydrogen-bond acceptors (Lipinski definition) is 8. The molecule has 9 nitrogen and oxygen atoms in total. The molecule has 302 valence electrons. The minimum absolute atomic E-state index is 0.176. The molecule has 0 saturated carbocycles. The Labute approximate surface area is 312 Å². The highest BCUT2D eigenvalue weighted by Gasteiger charge is 2.44. The van der Waals surface area contributed by atoms with Crippen molar-refractivity contribution < 1.29 is 39.8 Å². The summed E-state index contributed by atoms with van der Waals surface area (Å²) < 4.78 is 11.2. The molecule has 0 radical (unpaired) electrons. The van der Waals surface area contributed by atoms with Gasteiger partial charge in [0.25, 0.3) is 0 Å². The Bertz CT molecular complexity index is 812. The largest absolute Gasteiger partial charge is 0.394 e. The SMILES string of the molecule is CCCCCCCCCCCC/C=C/[C@@H](O)[C@H](CO[C@H]1O[C@@H](CO)[C@H](O)C(O)C1O)NC(=O)CCCCCCCCCCCCCCCCCC. The Morgan fingerprint density at radius 2 is 1.08 bits per heavy atom. The van der Waals surface area contributed by atoms with Crippen molar-refractivity contribution in [3.63, 3.8) is 0 Å². The highest BCUT2D eigenvalue weighted by atomic mass is 16.7. The lowest BCUT2D eigenvalue weighted by molar-refractivity contribution is -0.302. The molecule has 0 aromatic heterocycles. The second kappa shape index (κ2) is 33.5. The smallest absolute Gasteiger partial charge is 0.220 e. The van der Waals surface area contributed by atoms with Crippen molar-refractivity contribution in [1.29, 1.82) is 0 Å². The number of aliphatic hydroxyl groups is 5. The van der Waals surface area contributed by atoms with Crippen LogP contribution in [0.2, 0.25) is 0 Å². The number of hydrogen-bond donors (Lipinski definition) is 6. The van der Waals surface area contributed by atoms with Crippen molar-refractivity contribution in [3.8, 4) is 0 Å². The highest BCUT2D eigenvalue weighted by Crippen LogP contribution is 2.22. The summed E-state index contributed by atoms with van der Waals surface area (Å²) in [5.74, 6) is -0.176. The topological polar surface area (TPSA) is 149 Å². The van der Waals surface area contributed by atoms with Crippen molar-refractivity contribution in [2.24, 2.45) is 0 Å². The second-order valence-electron chi connectivity index (χ2n) is 15.1. The van der Waals surface area contributed by atoms with Crippen LogP contribution in [0.4, 0.5) is 0 Å². The zero-order chi connectivity index (χ0) is 37.4. The number of amides is 1. The highest BCUT2D eigenvalue weighted by molar-refractivity contribution is 5.76. The Morgan fingerprint density at radius 3 is 1.53 bits per heavy atom. The first-order chi connectivity index (χ1) is 24.8. The molecular formula is C42H81NO8. The molecule has 51 heavy (non-hydrogen) atoms. The standard InChI is InChI=1S/C42H81NO8/c1-3-5-7-9-11-13-15-17-18-19-20-22-24-26-28-30-32-38(46)43-35(34-50-42-41(49)40(48)39(47)37(33-44)51-42)36(45)31-29-27-25-23-21-16-14-12-10-8-6-4-2/h29,31,35-37,39-42,44-45,47-49H,3-28,30,32-34H2,1-2H3,(H,43,46)/b31-29+/t35-,36+,37-,39-,40?,41?,42-/m0/s1. The van der Waals surface area contributed by atoms with E-state index in [4.69, 9.17) is 9.47 Å². The van der Waals surface area contributed by atoms with Crippen LogP contribution in [0.3, 0.4) is 0 Å². The molecule has 0 aromatic rings. The fraction of sp³-hybridized carbons (Fsp3) is 0.929. The minimum atomic E-state index is -1.56. The van der Waals surface area contributed by atoms with Crippen molar-refractivity contribution in [2.45, 2.75) is 236 Å². The molecule has 1 rings (SSSR count). The number of nitrogens with one attached hydrogen (secondary N) is 1. The molecule has 1 saturated heterocycles. The van der Waals surface area contributed by atoms with Crippen LogP contribution in [0.25, 0.3) is 0 Å². The summed E-state index contributed by atoms with van der Waals surface area (Å²) in [5, 5.41) is 54.0. The molecule has 1 amide bonds. The monoisotopic (exact) mass is 728 g/mol. The van der Waals surface area contributed by atoms with E-state index in [1.807, 2.05) is 6.08 Å². The molecule has 7 atom stereocenters. The Balaban J connectivity index is 2.38. The van der Waals surface area contributed by atoms with Gasteiger partial charge in [0.2, 0.25) is 5.91 Å². The third-order valence-corrected chi connectivity index (χ3v) is 10.4. The van der Waals surface area contributed by atoms with E-state index in [2.05, 4.69) is 19.2 Å². The third kappa shape index (κ3) is 24.8. The summed E-state index contributed by atoms with van der Waals surface area (Å²) in [4.78, 5) is 12.9. The van der Waals surface area contributed by atoms with Crippen molar-refractivity contribution >= 4 is 5.91 Å². The number of unbranched alkanes of at least 4 members (excludes halogenated alkanes) is 25. The first kappa shape index (κ1) is 48.0.